The van der Waals surface area contributed by atoms with Gasteiger partial charge in [0.1, 0.15) is 21.9 Å². The highest BCUT2D eigenvalue weighted by atomic mass is 32.3. The van der Waals surface area contributed by atoms with Crippen molar-refractivity contribution in [3.8, 4) is 5.75 Å². The largest absolute Gasteiger partial charge is 0.506 e. The zero-order valence-corrected chi connectivity index (χ0v) is 19.2. The SMILES string of the molecule is CC(=O)Nc1ccc2c(c1)S(O)(O)N=C(c1c(O)c3cccnc3n(CCC(C)C)c1=O)N2. The van der Waals surface area contributed by atoms with Crippen LogP contribution in [0.4, 0.5) is 11.4 Å². The highest BCUT2D eigenvalue weighted by molar-refractivity contribution is 8.23. The number of carbonyl (C=O) groups is 1. The number of aromatic nitrogens is 2. The van der Waals surface area contributed by atoms with E-state index in [9.17, 15) is 23.8 Å². The lowest BCUT2D eigenvalue weighted by Gasteiger charge is -2.34. The second-order valence-corrected chi connectivity index (χ2v) is 9.87. The number of fused-ring (bicyclic) bond motifs is 2. The van der Waals surface area contributed by atoms with Gasteiger partial charge in [-0.15, -0.1) is 4.40 Å². The van der Waals surface area contributed by atoms with Crippen molar-refractivity contribution in [1.29, 1.82) is 0 Å². The summed E-state index contributed by atoms with van der Waals surface area (Å²) in [6.07, 6.45) is 2.25. The van der Waals surface area contributed by atoms with Crippen molar-refractivity contribution in [2.45, 2.75) is 38.6 Å². The monoisotopic (exact) mass is 471 g/mol. The fourth-order valence-corrected chi connectivity index (χ4v) is 4.83. The molecule has 33 heavy (non-hydrogen) atoms. The lowest BCUT2D eigenvalue weighted by molar-refractivity contribution is -0.114. The summed E-state index contributed by atoms with van der Waals surface area (Å²) in [4.78, 5) is 29.1. The molecule has 0 spiro atoms. The molecule has 1 amide bonds. The van der Waals surface area contributed by atoms with E-state index in [1.165, 1.54) is 17.6 Å². The number of anilines is 2. The van der Waals surface area contributed by atoms with Gasteiger partial charge in [-0.25, -0.2) is 4.98 Å². The van der Waals surface area contributed by atoms with Gasteiger partial charge in [0.05, 0.1) is 11.1 Å². The van der Waals surface area contributed by atoms with Crippen LogP contribution in [0.15, 0.2) is 50.6 Å². The summed E-state index contributed by atoms with van der Waals surface area (Å²) >= 11 is 0. The first-order chi connectivity index (χ1) is 15.6. The molecule has 0 saturated carbocycles. The zero-order valence-electron chi connectivity index (χ0n) is 18.4. The molecule has 10 nitrogen and oxygen atoms in total. The van der Waals surface area contributed by atoms with Gasteiger partial charge in [-0.3, -0.25) is 23.3 Å². The maximum absolute atomic E-state index is 13.5. The van der Waals surface area contributed by atoms with Gasteiger partial charge < -0.3 is 15.7 Å². The molecular formula is C22H25N5O5S. The maximum atomic E-state index is 13.5. The molecule has 4 rings (SSSR count). The molecule has 0 fully saturated rings. The summed E-state index contributed by atoms with van der Waals surface area (Å²) in [6.45, 7) is 5.79. The number of hydrogen-bond donors (Lipinski definition) is 5. The van der Waals surface area contributed by atoms with Gasteiger partial charge in [0, 0.05) is 25.4 Å². The first-order valence-electron chi connectivity index (χ1n) is 10.4. The predicted octanol–water partition coefficient (Wildman–Crippen LogP) is 4.00. The molecule has 3 heterocycles. The molecule has 1 aliphatic rings. The number of amidine groups is 1. The number of hydrogen-bond acceptors (Lipinski definition) is 8. The number of aromatic hydroxyl groups is 1. The van der Waals surface area contributed by atoms with Crippen molar-refractivity contribution in [1.82, 2.24) is 9.55 Å². The molecule has 0 unspecified atom stereocenters. The standard InChI is InChI=1S/C22H25N5O5S/c1-12(2)8-10-27-21-15(5-4-9-23-21)19(29)18(22(27)30)20-25-16-7-6-14(24-13(3)28)11-17(16)33(31,32)26-20/h4-7,9,11-12,29,31-32H,8,10H2,1-3H3,(H,24,28)(H,25,26). The van der Waals surface area contributed by atoms with Crippen LogP contribution < -0.4 is 16.2 Å². The lowest BCUT2D eigenvalue weighted by Crippen LogP contribution is -2.32. The van der Waals surface area contributed by atoms with Crippen molar-refractivity contribution in [2.75, 3.05) is 10.6 Å². The van der Waals surface area contributed by atoms with E-state index in [0.717, 1.165) is 0 Å². The first-order valence-corrected chi connectivity index (χ1v) is 11.9. The maximum Gasteiger partial charge on any atom is 0.267 e. The first kappa shape index (κ1) is 22.8. The Balaban J connectivity index is 1.88. The van der Waals surface area contributed by atoms with Gasteiger partial charge in [0.15, 0.2) is 5.84 Å². The zero-order chi connectivity index (χ0) is 23.9. The van der Waals surface area contributed by atoms with Gasteiger partial charge >= 0.3 is 0 Å². The molecule has 2 aromatic heterocycles. The smallest absolute Gasteiger partial charge is 0.267 e. The van der Waals surface area contributed by atoms with Gasteiger partial charge in [-0.2, -0.15) is 0 Å². The molecule has 5 N–H and O–H groups in total. The van der Waals surface area contributed by atoms with Crippen LogP contribution in [-0.4, -0.2) is 35.5 Å². The van der Waals surface area contributed by atoms with E-state index in [4.69, 9.17) is 0 Å². The number of pyridine rings is 2. The number of nitrogens with zero attached hydrogens (tertiary/aromatic N) is 3. The topological polar surface area (TPSA) is 149 Å². The second kappa shape index (κ2) is 8.50. The van der Waals surface area contributed by atoms with Crippen LogP contribution in [0.25, 0.3) is 11.0 Å². The average Bonchev–Trinajstić information content (AvgIpc) is 2.73. The summed E-state index contributed by atoms with van der Waals surface area (Å²) in [7, 11) is -3.72. The average molecular weight is 472 g/mol. The highest BCUT2D eigenvalue weighted by Gasteiger charge is 2.31. The van der Waals surface area contributed by atoms with Crippen LogP contribution in [-0.2, 0) is 11.3 Å². The number of carbonyl (C=O) groups excluding carboxylic acids is 1. The van der Waals surface area contributed by atoms with Gasteiger partial charge in [0.2, 0.25) is 5.91 Å². The van der Waals surface area contributed by atoms with Crippen LogP contribution in [0.5, 0.6) is 5.75 Å². The molecule has 0 bridgehead atoms. The molecular weight excluding hydrogens is 446 g/mol. The highest BCUT2D eigenvalue weighted by Crippen LogP contribution is 2.56. The number of aryl methyl sites for hydroxylation is 1. The molecule has 0 atom stereocenters. The van der Waals surface area contributed by atoms with Crippen LogP contribution in [0.1, 0.15) is 32.8 Å². The Morgan fingerprint density at radius 1 is 1.27 bits per heavy atom. The minimum absolute atomic E-state index is 0.0691. The van der Waals surface area contributed by atoms with E-state index in [0.29, 0.717) is 41.3 Å². The van der Waals surface area contributed by atoms with Crippen LogP contribution in [0.3, 0.4) is 0 Å². The van der Waals surface area contributed by atoms with Gasteiger partial charge in [-0.1, -0.05) is 24.6 Å². The lowest BCUT2D eigenvalue weighted by atomic mass is 10.1. The minimum Gasteiger partial charge on any atom is -0.506 e. The Morgan fingerprint density at radius 3 is 2.73 bits per heavy atom. The number of rotatable bonds is 5. The van der Waals surface area contributed by atoms with Crippen LogP contribution >= 0.6 is 10.8 Å². The molecule has 174 valence electrons. The quantitative estimate of drug-likeness (QED) is 0.377. The number of nitrogens with one attached hydrogen (secondary N) is 2. The van der Waals surface area contributed by atoms with Gasteiger partial charge in [-0.05, 0) is 42.7 Å². The molecule has 1 aromatic carbocycles. The van der Waals surface area contributed by atoms with E-state index in [-0.39, 0.29) is 28.0 Å². The van der Waals surface area contributed by atoms with E-state index >= 15 is 0 Å². The Labute approximate surface area is 191 Å². The molecule has 3 aromatic rings. The van der Waals surface area contributed by atoms with Crippen LogP contribution in [0.2, 0.25) is 0 Å². The van der Waals surface area contributed by atoms with Crippen molar-refractivity contribution < 1.29 is 19.0 Å². The summed E-state index contributed by atoms with van der Waals surface area (Å²) in [5.41, 5.74) is 0.299. The van der Waals surface area contributed by atoms with E-state index in [1.54, 1.807) is 30.5 Å². The fraction of sp³-hybridized carbons (Fsp3) is 0.273. The third-order valence-corrected chi connectivity index (χ3v) is 6.59. The summed E-state index contributed by atoms with van der Waals surface area (Å²) < 4.78 is 27.0. The molecule has 0 saturated heterocycles. The molecule has 0 aliphatic carbocycles. The predicted molar refractivity (Wildman–Crippen MR) is 129 cm³/mol. The fourth-order valence-electron chi connectivity index (χ4n) is 3.64. The van der Waals surface area contributed by atoms with E-state index in [2.05, 4.69) is 20.0 Å². The summed E-state index contributed by atoms with van der Waals surface area (Å²) in [6, 6.07) is 7.81. The third kappa shape index (κ3) is 4.30. The number of benzene rings is 1. The Bertz CT molecular complexity index is 1350. The van der Waals surface area contributed by atoms with Crippen LogP contribution in [0, 0.1) is 5.92 Å². The van der Waals surface area contributed by atoms with Crippen molar-refractivity contribution in [3.63, 3.8) is 0 Å². The Morgan fingerprint density at radius 2 is 2.03 bits per heavy atom. The van der Waals surface area contributed by atoms with Crippen molar-refractivity contribution in [2.24, 2.45) is 10.3 Å². The van der Waals surface area contributed by atoms with E-state index < -0.39 is 16.3 Å². The van der Waals surface area contributed by atoms with Gasteiger partial charge in [0.25, 0.3) is 5.56 Å². The Hall–Kier alpha value is -3.41. The van der Waals surface area contributed by atoms with Crippen molar-refractivity contribution >= 4 is 44.9 Å². The normalized spacial score (nSPS) is 15.5. The molecule has 0 radical (unpaired) electrons. The van der Waals surface area contributed by atoms with E-state index in [1.807, 2.05) is 13.8 Å². The van der Waals surface area contributed by atoms with Crippen molar-refractivity contribution in [3.05, 3.63) is 52.4 Å². The molecule has 11 heteroatoms. The summed E-state index contributed by atoms with van der Waals surface area (Å²) in [5.74, 6) is -0.476. The number of amides is 1. The summed E-state index contributed by atoms with van der Waals surface area (Å²) in [5, 5.41) is 16.8. The Kier molecular flexibility index (Phi) is 5.87. The minimum atomic E-state index is -3.72. The molecule has 1 aliphatic heterocycles. The second-order valence-electron chi connectivity index (χ2n) is 8.21. The third-order valence-electron chi connectivity index (χ3n) is 5.23.